The van der Waals surface area contributed by atoms with Gasteiger partial charge in [-0.2, -0.15) is 0 Å². The molecule has 0 spiro atoms. The molecule has 0 bridgehead atoms. The Balaban J connectivity index is 2.54. The number of amides is 1. The van der Waals surface area contributed by atoms with E-state index in [4.69, 9.17) is 10.5 Å². The van der Waals surface area contributed by atoms with Crippen LogP contribution < -0.4 is 11.1 Å². The van der Waals surface area contributed by atoms with Gasteiger partial charge in [-0.25, -0.2) is 4.79 Å². The van der Waals surface area contributed by atoms with E-state index in [0.29, 0.717) is 30.9 Å². The molecule has 5 nitrogen and oxygen atoms in total. The van der Waals surface area contributed by atoms with Crippen molar-refractivity contribution < 1.29 is 14.3 Å². The van der Waals surface area contributed by atoms with Crippen LogP contribution in [0.5, 0.6) is 0 Å². The zero-order valence-electron chi connectivity index (χ0n) is 12.9. The number of esters is 1. The van der Waals surface area contributed by atoms with Crippen molar-refractivity contribution in [1.82, 2.24) is 5.32 Å². The first kappa shape index (κ1) is 17.0. The fourth-order valence-electron chi connectivity index (χ4n) is 2.10. The standard InChI is InChI=1S/C16H24N2O3/c1-11(2)10-14(16(20)21-3)18-15(19)9-8-12-6-4-5-7-13(12)17/h4-7,11,14H,8-10,17H2,1-3H3,(H,18,19). The van der Waals surface area contributed by atoms with Gasteiger partial charge in [-0.15, -0.1) is 0 Å². The number of nitrogens with one attached hydrogen (secondary N) is 1. The Morgan fingerprint density at radius 2 is 1.95 bits per heavy atom. The monoisotopic (exact) mass is 292 g/mol. The summed E-state index contributed by atoms with van der Waals surface area (Å²) in [4.78, 5) is 23.6. The lowest BCUT2D eigenvalue weighted by Crippen LogP contribution is -2.42. The molecule has 5 heteroatoms. The zero-order valence-corrected chi connectivity index (χ0v) is 12.9. The van der Waals surface area contributed by atoms with Gasteiger partial charge < -0.3 is 15.8 Å². The summed E-state index contributed by atoms with van der Waals surface area (Å²) in [5.41, 5.74) is 7.45. The molecule has 0 aliphatic carbocycles. The van der Waals surface area contributed by atoms with Crippen molar-refractivity contribution in [1.29, 1.82) is 0 Å². The number of anilines is 1. The molecule has 0 radical (unpaired) electrons. The number of aryl methyl sites for hydroxylation is 1. The summed E-state index contributed by atoms with van der Waals surface area (Å²) >= 11 is 0. The van der Waals surface area contributed by atoms with Gasteiger partial charge in [0.05, 0.1) is 7.11 Å². The minimum atomic E-state index is -0.587. The maximum Gasteiger partial charge on any atom is 0.328 e. The van der Waals surface area contributed by atoms with Crippen molar-refractivity contribution in [2.75, 3.05) is 12.8 Å². The van der Waals surface area contributed by atoms with E-state index in [2.05, 4.69) is 5.32 Å². The van der Waals surface area contributed by atoms with Gasteiger partial charge in [0, 0.05) is 12.1 Å². The van der Waals surface area contributed by atoms with E-state index in [1.165, 1.54) is 7.11 Å². The van der Waals surface area contributed by atoms with Crippen LogP contribution in [0, 0.1) is 5.92 Å². The molecule has 0 aliphatic heterocycles. The van der Waals surface area contributed by atoms with E-state index in [1.807, 2.05) is 38.1 Å². The van der Waals surface area contributed by atoms with Gasteiger partial charge in [0.1, 0.15) is 6.04 Å². The van der Waals surface area contributed by atoms with Crippen molar-refractivity contribution >= 4 is 17.6 Å². The molecule has 3 N–H and O–H groups in total. The van der Waals surface area contributed by atoms with Crippen molar-refractivity contribution in [3.63, 3.8) is 0 Å². The number of hydrogen-bond donors (Lipinski definition) is 2. The number of methoxy groups -OCH3 is 1. The van der Waals surface area contributed by atoms with Crippen LogP contribution in [0.1, 0.15) is 32.3 Å². The maximum absolute atomic E-state index is 12.0. The first-order valence-corrected chi connectivity index (χ1v) is 7.14. The Morgan fingerprint density at radius 1 is 1.29 bits per heavy atom. The highest BCUT2D eigenvalue weighted by atomic mass is 16.5. The number of carbonyl (C=O) groups is 2. The van der Waals surface area contributed by atoms with Crippen molar-refractivity contribution in [3.8, 4) is 0 Å². The number of nitrogens with two attached hydrogens (primary N) is 1. The van der Waals surface area contributed by atoms with Gasteiger partial charge in [-0.05, 0) is 30.4 Å². The molecule has 1 atom stereocenters. The number of nitrogen functional groups attached to an aromatic ring is 1. The Morgan fingerprint density at radius 3 is 2.52 bits per heavy atom. The predicted octanol–water partition coefficient (Wildman–Crippen LogP) is 1.91. The van der Waals surface area contributed by atoms with Crippen LogP contribution in [0.4, 0.5) is 5.69 Å². The van der Waals surface area contributed by atoms with E-state index in [-0.39, 0.29) is 5.91 Å². The van der Waals surface area contributed by atoms with Crippen LogP contribution >= 0.6 is 0 Å². The molecule has 0 aromatic heterocycles. The highest BCUT2D eigenvalue weighted by Crippen LogP contribution is 2.13. The van der Waals surface area contributed by atoms with Crippen molar-refractivity contribution in [2.24, 2.45) is 5.92 Å². The van der Waals surface area contributed by atoms with Gasteiger partial charge in [0.25, 0.3) is 0 Å². The van der Waals surface area contributed by atoms with Gasteiger partial charge in [0.15, 0.2) is 0 Å². The first-order valence-electron chi connectivity index (χ1n) is 7.14. The van der Waals surface area contributed by atoms with E-state index in [1.54, 1.807) is 0 Å². The van der Waals surface area contributed by atoms with Crippen LogP contribution in [-0.2, 0) is 20.7 Å². The molecule has 1 amide bonds. The minimum absolute atomic E-state index is 0.172. The van der Waals surface area contributed by atoms with E-state index < -0.39 is 12.0 Å². The van der Waals surface area contributed by atoms with E-state index in [0.717, 1.165) is 5.56 Å². The number of rotatable bonds is 7. The summed E-state index contributed by atoms with van der Waals surface area (Å²) in [6.45, 7) is 3.99. The molecule has 1 aromatic rings. The normalized spacial score (nSPS) is 12.0. The molecule has 0 saturated heterocycles. The second-order valence-corrected chi connectivity index (χ2v) is 5.47. The third-order valence-electron chi connectivity index (χ3n) is 3.20. The predicted molar refractivity (Wildman–Crippen MR) is 82.6 cm³/mol. The molecule has 1 unspecified atom stereocenters. The number of benzene rings is 1. The largest absolute Gasteiger partial charge is 0.467 e. The van der Waals surface area contributed by atoms with Crippen molar-refractivity contribution in [3.05, 3.63) is 29.8 Å². The van der Waals surface area contributed by atoms with Crippen molar-refractivity contribution in [2.45, 2.75) is 39.2 Å². The number of para-hydroxylation sites is 1. The van der Waals surface area contributed by atoms with Crippen LogP contribution in [0.2, 0.25) is 0 Å². The third-order valence-corrected chi connectivity index (χ3v) is 3.20. The first-order chi connectivity index (χ1) is 9.93. The fraction of sp³-hybridized carbons (Fsp3) is 0.500. The lowest BCUT2D eigenvalue weighted by atomic mass is 10.0. The Hall–Kier alpha value is -2.04. The summed E-state index contributed by atoms with van der Waals surface area (Å²) < 4.78 is 4.72. The van der Waals surface area contributed by atoms with Gasteiger partial charge in [0.2, 0.25) is 5.91 Å². The van der Waals surface area contributed by atoms with Gasteiger partial charge in [-0.1, -0.05) is 32.0 Å². The molecule has 0 fully saturated rings. The highest BCUT2D eigenvalue weighted by molar-refractivity contribution is 5.84. The van der Waals surface area contributed by atoms with E-state index >= 15 is 0 Å². The molecule has 0 heterocycles. The summed E-state index contributed by atoms with van der Waals surface area (Å²) in [6, 6.07) is 6.86. The van der Waals surface area contributed by atoms with Crippen LogP contribution in [0.15, 0.2) is 24.3 Å². The van der Waals surface area contributed by atoms with E-state index in [9.17, 15) is 9.59 Å². The molecular formula is C16H24N2O3. The SMILES string of the molecule is COC(=O)C(CC(C)C)NC(=O)CCc1ccccc1N. The quantitative estimate of drug-likeness (QED) is 0.594. The molecule has 21 heavy (non-hydrogen) atoms. The summed E-state index contributed by atoms with van der Waals surface area (Å²) in [5.74, 6) is -0.287. The lowest BCUT2D eigenvalue weighted by molar-refractivity contribution is -0.145. The Kier molecular flexibility index (Phi) is 6.72. The second-order valence-electron chi connectivity index (χ2n) is 5.47. The number of carbonyl (C=O) groups excluding carboxylic acids is 2. The molecule has 1 aromatic carbocycles. The van der Waals surface area contributed by atoms with Gasteiger partial charge in [-0.3, -0.25) is 4.79 Å². The fourth-order valence-corrected chi connectivity index (χ4v) is 2.10. The number of ether oxygens (including phenoxy) is 1. The summed E-state index contributed by atoms with van der Waals surface area (Å²) in [5, 5.41) is 2.73. The average Bonchev–Trinajstić information content (AvgIpc) is 2.44. The summed E-state index contributed by atoms with van der Waals surface area (Å²) in [7, 11) is 1.33. The molecule has 0 saturated carbocycles. The van der Waals surface area contributed by atoms with Crippen LogP contribution in [-0.4, -0.2) is 25.0 Å². The molecule has 116 valence electrons. The molecule has 1 rings (SSSR count). The zero-order chi connectivity index (χ0) is 15.8. The summed E-state index contributed by atoms with van der Waals surface area (Å²) in [6.07, 6.45) is 1.40. The molecular weight excluding hydrogens is 268 g/mol. The van der Waals surface area contributed by atoms with Gasteiger partial charge >= 0.3 is 5.97 Å². The second kappa shape index (κ2) is 8.29. The molecule has 0 aliphatic rings. The number of hydrogen-bond acceptors (Lipinski definition) is 4. The van der Waals surface area contributed by atoms with Crippen LogP contribution in [0.25, 0.3) is 0 Å². The highest BCUT2D eigenvalue weighted by Gasteiger charge is 2.22. The maximum atomic E-state index is 12.0. The lowest BCUT2D eigenvalue weighted by Gasteiger charge is -2.18. The van der Waals surface area contributed by atoms with Crippen LogP contribution in [0.3, 0.4) is 0 Å². The smallest absolute Gasteiger partial charge is 0.328 e. The average molecular weight is 292 g/mol. The minimum Gasteiger partial charge on any atom is -0.467 e. The topological polar surface area (TPSA) is 81.4 Å². The Labute approximate surface area is 125 Å². The third kappa shape index (κ3) is 5.85. The Bertz CT molecular complexity index is 486.